The van der Waals surface area contributed by atoms with Crippen molar-refractivity contribution < 1.29 is 5.11 Å². The average molecular weight is 428 g/mol. The Morgan fingerprint density at radius 3 is 2.62 bits per heavy atom. The Morgan fingerprint density at radius 1 is 1.00 bits per heavy atom. The van der Waals surface area contributed by atoms with E-state index < -0.39 is 0 Å². The van der Waals surface area contributed by atoms with Gasteiger partial charge in [-0.2, -0.15) is 0 Å². The second-order valence-electron chi connectivity index (χ2n) is 9.46. The van der Waals surface area contributed by atoms with Crippen LogP contribution in [-0.4, -0.2) is 28.1 Å². The number of aromatic nitrogens is 1. The Morgan fingerprint density at radius 2 is 1.81 bits per heavy atom. The molecule has 3 N–H and O–H groups in total. The van der Waals surface area contributed by atoms with Gasteiger partial charge in [-0.05, 0) is 69.2 Å². The zero-order chi connectivity index (χ0) is 21.9. The summed E-state index contributed by atoms with van der Waals surface area (Å²) in [6.45, 7) is 3.39. The Kier molecular flexibility index (Phi) is 6.13. The van der Waals surface area contributed by atoms with E-state index in [2.05, 4.69) is 35.2 Å². The number of aryl methyl sites for hydroxylation is 1. The van der Waals surface area contributed by atoms with Crippen LogP contribution in [0.4, 0.5) is 5.69 Å². The Labute approximate surface area is 190 Å². The van der Waals surface area contributed by atoms with E-state index in [0.29, 0.717) is 11.4 Å². The van der Waals surface area contributed by atoms with Gasteiger partial charge in [0.25, 0.3) is 0 Å². The van der Waals surface area contributed by atoms with Gasteiger partial charge in [-0.1, -0.05) is 54.6 Å². The zero-order valence-corrected chi connectivity index (χ0v) is 18.7. The van der Waals surface area contributed by atoms with Crippen LogP contribution in [0.15, 0.2) is 48.6 Å². The van der Waals surface area contributed by atoms with Crippen molar-refractivity contribution in [3.8, 4) is 0 Å². The summed E-state index contributed by atoms with van der Waals surface area (Å²) in [5, 5.41) is 12.9. The highest BCUT2D eigenvalue weighted by Crippen LogP contribution is 2.31. The molecule has 4 heteroatoms. The molecular formula is C28H33N3O. The van der Waals surface area contributed by atoms with Crippen LogP contribution in [0.1, 0.15) is 48.9 Å². The minimum atomic E-state index is 0.198. The van der Waals surface area contributed by atoms with E-state index in [1.54, 1.807) is 0 Å². The molecule has 1 aliphatic heterocycles. The number of likely N-dealkylation sites (tertiary alicyclic amines) is 1. The fraction of sp³-hybridized carbons (Fsp3) is 0.393. The quantitative estimate of drug-likeness (QED) is 0.759. The summed E-state index contributed by atoms with van der Waals surface area (Å²) in [5.74, 6) is 1.41. The maximum Gasteiger partial charge on any atom is 0.106 e. The summed E-state index contributed by atoms with van der Waals surface area (Å²) in [6, 6.07) is 10.8. The number of piperidine rings is 1. The molecule has 2 aromatic rings. The fourth-order valence-electron chi connectivity index (χ4n) is 5.47. The number of anilines is 1. The molecule has 0 bridgehead atoms. The SMILES string of the molecule is Nc1c2c(nc3c1=C(O)C(CCC1CCN(Cc4ccccc4)CC1)CC3)=CC=CC=C2. The van der Waals surface area contributed by atoms with Gasteiger partial charge in [0.1, 0.15) is 5.76 Å². The predicted octanol–water partition coefficient (Wildman–Crippen LogP) is 3.95. The van der Waals surface area contributed by atoms with Crippen LogP contribution in [0.3, 0.4) is 0 Å². The third-order valence-electron chi connectivity index (χ3n) is 7.37. The standard InChI is InChI=1S/C28H33N3O/c29-27-23-9-5-2-6-10-24(23)30-25-14-13-22(28(32)26(25)27)12-11-20-15-17-31(18-16-20)19-21-7-3-1-4-8-21/h1-10,20,22,32H,11-19,29H2. The van der Waals surface area contributed by atoms with Crippen molar-refractivity contribution >= 4 is 23.6 Å². The molecule has 32 heavy (non-hydrogen) atoms. The predicted molar refractivity (Wildman–Crippen MR) is 132 cm³/mol. The van der Waals surface area contributed by atoms with E-state index in [4.69, 9.17) is 10.7 Å². The molecule has 1 atom stereocenters. The fourth-order valence-corrected chi connectivity index (χ4v) is 5.47. The summed E-state index contributed by atoms with van der Waals surface area (Å²) in [4.78, 5) is 7.40. The number of nitrogens with zero attached hydrogens (tertiary/aromatic N) is 2. The van der Waals surface area contributed by atoms with Gasteiger partial charge in [0.15, 0.2) is 0 Å². The van der Waals surface area contributed by atoms with Crippen LogP contribution in [-0.2, 0) is 13.0 Å². The van der Waals surface area contributed by atoms with Crippen LogP contribution in [0.25, 0.3) is 17.9 Å². The average Bonchev–Trinajstić information content (AvgIpc) is 3.06. The lowest BCUT2D eigenvalue weighted by Gasteiger charge is -2.33. The molecule has 1 saturated heterocycles. The second-order valence-corrected chi connectivity index (χ2v) is 9.46. The minimum absolute atomic E-state index is 0.198. The summed E-state index contributed by atoms with van der Waals surface area (Å²) >= 11 is 0. The number of fused-ring (bicyclic) bond motifs is 2. The van der Waals surface area contributed by atoms with Crippen molar-refractivity contribution in [1.82, 2.24) is 9.88 Å². The number of benzene rings is 1. The molecule has 0 radical (unpaired) electrons. The van der Waals surface area contributed by atoms with Crippen LogP contribution < -0.4 is 16.3 Å². The van der Waals surface area contributed by atoms with E-state index in [1.165, 1.54) is 37.9 Å². The van der Waals surface area contributed by atoms with E-state index >= 15 is 0 Å². The molecule has 4 nitrogen and oxygen atoms in total. The number of nitrogen functional groups attached to an aromatic ring is 1. The van der Waals surface area contributed by atoms with Crippen molar-refractivity contribution in [2.45, 2.75) is 45.1 Å². The van der Waals surface area contributed by atoms with Crippen LogP contribution in [0.2, 0.25) is 0 Å². The summed E-state index contributed by atoms with van der Waals surface area (Å²) < 4.78 is 0. The molecule has 1 aromatic carbocycles. The summed E-state index contributed by atoms with van der Waals surface area (Å²) in [6.07, 6.45) is 16.5. The highest BCUT2D eigenvalue weighted by molar-refractivity contribution is 5.71. The number of rotatable bonds is 5. The van der Waals surface area contributed by atoms with Gasteiger partial charge in [-0.3, -0.25) is 9.88 Å². The Hall–Kier alpha value is -2.85. The van der Waals surface area contributed by atoms with Crippen molar-refractivity contribution in [3.05, 3.63) is 75.9 Å². The topological polar surface area (TPSA) is 62.4 Å². The molecule has 1 aromatic heterocycles. The monoisotopic (exact) mass is 427 g/mol. The van der Waals surface area contributed by atoms with Crippen molar-refractivity contribution in [2.75, 3.05) is 18.8 Å². The van der Waals surface area contributed by atoms with E-state index in [-0.39, 0.29) is 5.92 Å². The normalized spacial score (nSPS) is 21.0. The summed E-state index contributed by atoms with van der Waals surface area (Å²) in [7, 11) is 0. The first kappa shape index (κ1) is 21.0. The van der Waals surface area contributed by atoms with Gasteiger partial charge in [-0.15, -0.1) is 0 Å². The number of hydrogen-bond donors (Lipinski definition) is 2. The van der Waals surface area contributed by atoms with Gasteiger partial charge in [0.2, 0.25) is 0 Å². The van der Waals surface area contributed by atoms with Gasteiger partial charge >= 0.3 is 0 Å². The van der Waals surface area contributed by atoms with Crippen LogP contribution >= 0.6 is 0 Å². The molecule has 5 rings (SSSR count). The number of aliphatic hydroxyl groups is 1. The van der Waals surface area contributed by atoms with E-state index in [0.717, 1.165) is 53.6 Å². The van der Waals surface area contributed by atoms with Gasteiger partial charge in [-0.25, -0.2) is 0 Å². The molecule has 1 unspecified atom stereocenters. The number of hydrogen-bond acceptors (Lipinski definition) is 4. The molecule has 0 amide bonds. The first-order valence-electron chi connectivity index (χ1n) is 12.0. The Balaban J connectivity index is 1.23. The van der Waals surface area contributed by atoms with Crippen molar-refractivity contribution in [3.63, 3.8) is 0 Å². The zero-order valence-electron chi connectivity index (χ0n) is 18.7. The number of allylic oxidation sites excluding steroid dienone is 3. The first-order valence-corrected chi connectivity index (χ1v) is 12.0. The summed E-state index contributed by atoms with van der Waals surface area (Å²) in [5.41, 5.74) is 10.5. The second kappa shape index (κ2) is 9.33. The van der Waals surface area contributed by atoms with Crippen LogP contribution in [0, 0.1) is 11.8 Å². The lowest BCUT2D eigenvalue weighted by Crippen LogP contribution is -2.35. The molecule has 0 saturated carbocycles. The van der Waals surface area contributed by atoms with Crippen molar-refractivity contribution in [2.24, 2.45) is 11.8 Å². The Bertz CT molecular complexity index is 1140. The molecule has 0 spiro atoms. The molecule has 166 valence electrons. The lowest BCUT2D eigenvalue weighted by molar-refractivity contribution is 0.167. The lowest BCUT2D eigenvalue weighted by atomic mass is 9.83. The molecule has 3 aliphatic rings. The smallest absolute Gasteiger partial charge is 0.106 e. The maximum atomic E-state index is 11.1. The maximum absolute atomic E-state index is 11.1. The van der Waals surface area contributed by atoms with E-state index in [9.17, 15) is 5.11 Å². The highest BCUT2D eigenvalue weighted by atomic mass is 16.3. The van der Waals surface area contributed by atoms with Gasteiger partial charge in [0.05, 0.1) is 21.9 Å². The number of nitrogens with two attached hydrogens (primary N) is 1. The number of pyridine rings is 1. The van der Waals surface area contributed by atoms with Crippen LogP contribution in [0.5, 0.6) is 0 Å². The van der Waals surface area contributed by atoms with E-state index in [1.807, 2.05) is 30.4 Å². The highest BCUT2D eigenvalue weighted by Gasteiger charge is 2.26. The number of aliphatic hydroxyl groups excluding tert-OH is 1. The molecule has 2 heterocycles. The van der Waals surface area contributed by atoms with Gasteiger partial charge < -0.3 is 10.8 Å². The molecular weight excluding hydrogens is 394 g/mol. The molecule has 2 aliphatic carbocycles. The largest absolute Gasteiger partial charge is 0.511 e. The third-order valence-corrected chi connectivity index (χ3v) is 7.37. The van der Waals surface area contributed by atoms with Crippen molar-refractivity contribution in [1.29, 1.82) is 0 Å². The minimum Gasteiger partial charge on any atom is -0.511 e. The third kappa shape index (κ3) is 4.37. The first-order chi connectivity index (χ1) is 15.7. The van der Waals surface area contributed by atoms with Gasteiger partial charge in [0, 0.05) is 18.0 Å². The molecule has 1 fully saturated rings.